The van der Waals surface area contributed by atoms with Crippen molar-refractivity contribution in [3.8, 4) is 11.4 Å². The summed E-state index contributed by atoms with van der Waals surface area (Å²) in [4.78, 5) is 4.30. The number of benzene rings is 1. The van der Waals surface area contributed by atoms with E-state index in [9.17, 15) is 0 Å². The van der Waals surface area contributed by atoms with Gasteiger partial charge in [-0.05, 0) is 19.1 Å². The molecule has 0 amide bonds. The Morgan fingerprint density at radius 1 is 1.43 bits per heavy atom. The Kier molecular flexibility index (Phi) is 2.55. The highest BCUT2D eigenvalue weighted by Crippen LogP contribution is 2.20. The molecule has 0 bridgehead atoms. The molecule has 14 heavy (non-hydrogen) atoms. The Morgan fingerprint density at radius 3 is 3.00 bits per heavy atom. The molecule has 0 radical (unpaired) electrons. The first-order valence-corrected chi connectivity index (χ1v) is 4.96. The van der Waals surface area contributed by atoms with Gasteiger partial charge in [0.15, 0.2) is 0 Å². The SMILES string of the molecule is CCn1ccnc1-c1cccc(Cl)c1. The predicted octanol–water partition coefficient (Wildman–Crippen LogP) is 3.22. The molecule has 0 saturated carbocycles. The van der Waals surface area contributed by atoms with Crippen molar-refractivity contribution in [1.29, 1.82) is 0 Å². The van der Waals surface area contributed by atoms with E-state index in [0.717, 1.165) is 23.0 Å². The second kappa shape index (κ2) is 3.84. The number of imidazole rings is 1. The monoisotopic (exact) mass is 206 g/mol. The minimum absolute atomic E-state index is 0.744. The highest BCUT2D eigenvalue weighted by molar-refractivity contribution is 6.30. The van der Waals surface area contributed by atoms with Gasteiger partial charge in [-0.25, -0.2) is 4.98 Å². The molecule has 1 heterocycles. The molecule has 3 heteroatoms. The molecule has 0 fully saturated rings. The summed E-state index contributed by atoms with van der Waals surface area (Å²) < 4.78 is 2.09. The first kappa shape index (κ1) is 9.28. The number of halogens is 1. The van der Waals surface area contributed by atoms with Crippen molar-refractivity contribution in [3.05, 3.63) is 41.7 Å². The van der Waals surface area contributed by atoms with Crippen LogP contribution in [0.3, 0.4) is 0 Å². The minimum Gasteiger partial charge on any atom is -0.331 e. The average Bonchev–Trinajstić information content (AvgIpc) is 2.65. The average molecular weight is 207 g/mol. The molecule has 0 aliphatic heterocycles. The molecular weight excluding hydrogens is 196 g/mol. The van der Waals surface area contributed by atoms with E-state index in [0.29, 0.717) is 0 Å². The van der Waals surface area contributed by atoms with E-state index < -0.39 is 0 Å². The lowest BCUT2D eigenvalue weighted by Gasteiger charge is -2.04. The maximum Gasteiger partial charge on any atom is 0.139 e. The van der Waals surface area contributed by atoms with Gasteiger partial charge in [0, 0.05) is 29.5 Å². The van der Waals surface area contributed by atoms with Crippen LogP contribution in [0.2, 0.25) is 5.02 Å². The van der Waals surface area contributed by atoms with Crippen molar-refractivity contribution >= 4 is 11.6 Å². The van der Waals surface area contributed by atoms with Crippen molar-refractivity contribution in [2.24, 2.45) is 0 Å². The molecule has 2 nitrogen and oxygen atoms in total. The van der Waals surface area contributed by atoms with Crippen LogP contribution in [0, 0.1) is 0 Å². The summed E-state index contributed by atoms with van der Waals surface area (Å²) in [5, 5.41) is 0.744. The second-order valence-corrected chi connectivity index (χ2v) is 3.48. The molecule has 0 spiro atoms. The quantitative estimate of drug-likeness (QED) is 0.738. The summed E-state index contributed by atoms with van der Waals surface area (Å²) in [6, 6.07) is 7.74. The summed E-state index contributed by atoms with van der Waals surface area (Å²) in [7, 11) is 0. The van der Waals surface area contributed by atoms with Crippen LogP contribution in [0.5, 0.6) is 0 Å². The third kappa shape index (κ3) is 1.66. The summed E-state index contributed by atoms with van der Waals surface area (Å²) in [6.07, 6.45) is 3.77. The van der Waals surface area contributed by atoms with Crippen molar-refractivity contribution < 1.29 is 0 Å². The molecule has 0 N–H and O–H groups in total. The van der Waals surface area contributed by atoms with Crippen LogP contribution in [0.25, 0.3) is 11.4 Å². The second-order valence-electron chi connectivity index (χ2n) is 3.05. The Hall–Kier alpha value is -1.28. The standard InChI is InChI=1S/C11H11ClN2/c1-2-14-7-6-13-11(14)9-4-3-5-10(12)8-9/h3-8H,2H2,1H3. The molecule has 72 valence electrons. The fraction of sp³-hybridized carbons (Fsp3) is 0.182. The summed E-state index contributed by atoms with van der Waals surface area (Å²) in [5.74, 6) is 0.968. The maximum atomic E-state index is 5.92. The number of hydrogen-bond donors (Lipinski definition) is 0. The van der Waals surface area contributed by atoms with Crippen molar-refractivity contribution in [3.63, 3.8) is 0 Å². The first-order valence-electron chi connectivity index (χ1n) is 4.58. The van der Waals surface area contributed by atoms with Gasteiger partial charge < -0.3 is 4.57 Å². The van der Waals surface area contributed by atoms with Gasteiger partial charge in [-0.15, -0.1) is 0 Å². The van der Waals surface area contributed by atoms with Gasteiger partial charge in [0.25, 0.3) is 0 Å². The Morgan fingerprint density at radius 2 is 2.29 bits per heavy atom. The van der Waals surface area contributed by atoms with E-state index in [1.807, 2.05) is 30.5 Å². The third-order valence-electron chi connectivity index (χ3n) is 2.14. The van der Waals surface area contributed by atoms with E-state index in [4.69, 9.17) is 11.6 Å². The lowest BCUT2D eigenvalue weighted by Crippen LogP contribution is -1.95. The molecule has 0 atom stereocenters. The van der Waals surface area contributed by atoms with Gasteiger partial charge in [0.05, 0.1) is 0 Å². The van der Waals surface area contributed by atoms with Gasteiger partial charge in [-0.2, -0.15) is 0 Å². The van der Waals surface area contributed by atoms with Crippen molar-refractivity contribution in [1.82, 2.24) is 9.55 Å². The summed E-state index contributed by atoms with van der Waals surface area (Å²) in [5.41, 5.74) is 1.06. The lowest BCUT2D eigenvalue weighted by atomic mass is 10.2. The summed E-state index contributed by atoms with van der Waals surface area (Å²) in [6.45, 7) is 3.01. The zero-order chi connectivity index (χ0) is 9.97. The Balaban J connectivity index is 2.49. The van der Waals surface area contributed by atoms with Crippen LogP contribution in [-0.4, -0.2) is 9.55 Å². The molecule has 0 aliphatic rings. The van der Waals surface area contributed by atoms with Crippen LogP contribution < -0.4 is 0 Å². The minimum atomic E-state index is 0.744. The molecule has 1 aromatic carbocycles. The normalized spacial score (nSPS) is 10.4. The highest BCUT2D eigenvalue weighted by atomic mass is 35.5. The number of aryl methyl sites for hydroxylation is 1. The Labute approximate surface area is 88.2 Å². The van der Waals surface area contributed by atoms with Crippen LogP contribution in [0.4, 0.5) is 0 Å². The molecule has 0 unspecified atom stereocenters. The fourth-order valence-electron chi connectivity index (χ4n) is 1.45. The molecule has 2 rings (SSSR count). The molecular formula is C11H11ClN2. The Bertz CT molecular complexity index is 434. The highest BCUT2D eigenvalue weighted by Gasteiger charge is 2.03. The topological polar surface area (TPSA) is 17.8 Å². The van der Waals surface area contributed by atoms with E-state index >= 15 is 0 Å². The third-order valence-corrected chi connectivity index (χ3v) is 2.37. The molecule has 1 aromatic heterocycles. The van der Waals surface area contributed by atoms with Crippen LogP contribution in [0.1, 0.15) is 6.92 Å². The zero-order valence-electron chi connectivity index (χ0n) is 7.94. The van der Waals surface area contributed by atoms with E-state index in [1.165, 1.54) is 0 Å². The van der Waals surface area contributed by atoms with Crippen LogP contribution in [0.15, 0.2) is 36.7 Å². The number of aromatic nitrogens is 2. The predicted molar refractivity (Wildman–Crippen MR) is 58.3 cm³/mol. The smallest absolute Gasteiger partial charge is 0.139 e. The number of hydrogen-bond acceptors (Lipinski definition) is 1. The van der Waals surface area contributed by atoms with Gasteiger partial charge >= 0.3 is 0 Å². The summed E-state index contributed by atoms with van der Waals surface area (Å²) >= 11 is 5.92. The lowest BCUT2D eigenvalue weighted by molar-refractivity contribution is 0.771. The van der Waals surface area contributed by atoms with E-state index in [-0.39, 0.29) is 0 Å². The van der Waals surface area contributed by atoms with E-state index in [2.05, 4.69) is 16.5 Å². The maximum absolute atomic E-state index is 5.92. The van der Waals surface area contributed by atoms with Crippen LogP contribution >= 0.6 is 11.6 Å². The largest absolute Gasteiger partial charge is 0.331 e. The molecule has 0 aliphatic carbocycles. The van der Waals surface area contributed by atoms with Crippen molar-refractivity contribution in [2.75, 3.05) is 0 Å². The zero-order valence-corrected chi connectivity index (χ0v) is 8.70. The van der Waals surface area contributed by atoms with Gasteiger partial charge in [-0.1, -0.05) is 23.7 Å². The van der Waals surface area contributed by atoms with E-state index in [1.54, 1.807) is 6.20 Å². The molecule has 2 aromatic rings. The van der Waals surface area contributed by atoms with Gasteiger partial charge in [-0.3, -0.25) is 0 Å². The first-order chi connectivity index (χ1) is 6.81. The van der Waals surface area contributed by atoms with Gasteiger partial charge in [0.1, 0.15) is 5.82 Å². The van der Waals surface area contributed by atoms with Crippen molar-refractivity contribution in [2.45, 2.75) is 13.5 Å². The van der Waals surface area contributed by atoms with Crippen LogP contribution in [-0.2, 0) is 6.54 Å². The molecule has 0 saturated heterocycles. The number of rotatable bonds is 2. The number of nitrogens with zero attached hydrogens (tertiary/aromatic N) is 2. The fourth-order valence-corrected chi connectivity index (χ4v) is 1.64. The van der Waals surface area contributed by atoms with Gasteiger partial charge in [0.2, 0.25) is 0 Å².